The van der Waals surface area contributed by atoms with E-state index in [-0.39, 0.29) is 11.5 Å². The van der Waals surface area contributed by atoms with Crippen LogP contribution in [0.2, 0.25) is 0 Å². The zero-order valence-corrected chi connectivity index (χ0v) is 17.9. The Labute approximate surface area is 180 Å². The van der Waals surface area contributed by atoms with Gasteiger partial charge in [0.2, 0.25) is 5.91 Å². The van der Waals surface area contributed by atoms with Crippen LogP contribution in [0, 0.1) is 6.92 Å². The van der Waals surface area contributed by atoms with Crippen LogP contribution in [0.5, 0.6) is 0 Å². The number of nitrogens with zero attached hydrogens (tertiary/aromatic N) is 4. The molecule has 1 aromatic heterocycles. The van der Waals surface area contributed by atoms with Crippen LogP contribution in [0.3, 0.4) is 0 Å². The van der Waals surface area contributed by atoms with Crippen LogP contribution in [0.25, 0.3) is 5.69 Å². The van der Waals surface area contributed by atoms with E-state index in [2.05, 4.69) is 14.3 Å². The maximum Gasteiger partial charge on any atom is 0.276 e. The largest absolute Gasteiger partial charge is 0.381 e. The molecule has 0 unspecified atom stereocenters. The molecule has 1 amide bonds. The minimum absolute atomic E-state index is 0.106. The molecule has 2 aliphatic heterocycles. The average molecular weight is 430 g/mol. The number of benzene rings is 1. The lowest BCUT2D eigenvalue weighted by molar-refractivity contribution is -0.122. The third-order valence-corrected chi connectivity index (χ3v) is 7.41. The number of carbonyl (C=O) groups is 1. The van der Waals surface area contributed by atoms with Crippen LogP contribution in [0.4, 0.5) is 5.69 Å². The van der Waals surface area contributed by atoms with Crippen molar-refractivity contribution in [3.63, 3.8) is 0 Å². The molecule has 8 nitrogen and oxygen atoms in total. The Morgan fingerprint density at radius 2 is 1.80 bits per heavy atom. The van der Waals surface area contributed by atoms with Crippen LogP contribution in [0.15, 0.2) is 41.3 Å². The van der Waals surface area contributed by atoms with Crippen molar-refractivity contribution in [2.24, 2.45) is 5.73 Å². The molecule has 0 radical (unpaired) electrons. The molecule has 3 heterocycles. The minimum Gasteiger partial charge on any atom is -0.381 e. The van der Waals surface area contributed by atoms with Crippen LogP contribution in [-0.2, 0) is 9.53 Å². The first-order valence-corrected chi connectivity index (χ1v) is 11.0. The van der Waals surface area contributed by atoms with E-state index in [1.54, 1.807) is 18.1 Å². The Kier molecular flexibility index (Phi) is 6.12. The SMILES string of the molecule is Cc1c(N2CCN(SC3(C(N)=O)CCOCC3)CC2)cnn(-c2ccccc2)c1=O. The summed E-state index contributed by atoms with van der Waals surface area (Å²) in [5, 5.41) is 4.40. The number of amides is 1. The monoisotopic (exact) mass is 429 g/mol. The zero-order chi connectivity index (χ0) is 21.1. The van der Waals surface area contributed by atoms with Gasteiger partial charge >= 0.3 is 0 Å². The van der Waals surface area contributed by atoms with Gasteiger partial charge in [0.1, 0.15) is 4.75 Å². The quantitative estimate of drug-likeness (QED) is 0.717. The number of carbonyl (C=O) groups excluding carboxylic acids is 1. The van der Waals surface area contributed by atoms with Crippen molar-refractivity contribution in [3.05, 3.63) is 52.4 Å². The molecular weight excluding hydrogens is 402 g/mol. The molecule has 0 saturated carbocycles. The van der Waals surface area contributed by atoms with Crippen molar-refractivity contribution >= 4 is 23.5 Å². The fourth-order valence-corrected chi connectivity index (χ4v) is 5.23. The molecule has 4 rings (SSSR count). The van der Waals surface area contributed by atoms with E-state index in [9.17, 15) is 9.59 Å². The van der Waals surface area contributed by atoms with Crippen LogP contribution >= 0.6 is 11.9 Å². The molecular formula is C21H27N5O3S. The molecule has 0 aliphatic carbocycles. The number of anilines is 1. The second-order valence-corrected chi connectivity index (χ2v) is 9.17. The van der Waals surface area contributed by atoms with E-state index >= 15 is 0 Å². The van der Waals surface area contributed by atoms with Gasteiger partial charge in [0.05, 0.1) is 17.6 Å². The number of hydrogen-bond donors (Lipinski definition) is 1. The van der Waals surface area contributed by atoms with Gasteiger partial charge in [-0.05, 0) is 31.9 Å². The molecule has 2 aliphatic rings. The minimum atomic E-state index is -0.575. The van der Waals surface area contributed by atoms with Gasteiger partial charge in [-0.3, -0.25) is 9.59 Å². The van der Waals surface area contributed by atoms with Crippen molar-refractivity contribution in [2.45, 2.75) is 24.5 Å². The predicted molar refractivity (Wildman–Crippen MR) is 118 cm³/mol. The van der Waals surface area contributed by atoms with E-state index in [4.69, 9.17) is 10.5 Å². The first-order valence-electron chi connectivity index (χ1n) is 10.2. The van der Waals surface area contributed by atoms with Gasteiger partial charge < -0.3 is 15.4 Å². The summed E-state index contributed by atoms with van der Waals surface area (Å²) in [6.45, 7) is 6.07. The summed E-state index contributed by atoms with van der Waals surface area (Å²) in [5.41, 5.74) is 7.94. The molecule has 9 heteroatoms. The number of aromatic nitrogens is 2. The summed E-state index contributed by atoms with van der Waals surface area (Å²) in [6, 6.07) is 9.43. The van der Waals surface area contributed by atoms with E-state index in [1.165, 1.54) is 4.68 Å². The Balaban J connectivity index is 1.45. The lowest BCUT2D eigenvalue weighted by atomic mass is 9.98. The van der Waals surface area contributed by atoms with Gasteiger partial charge in [-0.1, -0.05) is 30.1 Å². The molecule has 0 atom stereocenters. The molecule has 0 spiro atoms. The van der Waals surface area contributed by atoms with E-state index < -0.39 is 4.75 Å². The summed E-state index contributed by atoms with van der Waals surface area (Å²) < 4.78 is 8.50. The van der Waals surface area contributed by atoms with Gasteiger partial charge in [-0.15, -0.1) is 0 Å². The standard InChI is InChI=1S/C21H27N5O3S/c1-16-18(15-23-26(19(16)27)17-5-3-2-4-6-17)24-9-11-25(12-10-24)30-21(20(22)28)7-13-29-14-8-21/h2-6,15H,7-14H2,1H3,(H2,22,28). The van der Waals surface area contributed by atoms with E-state index in [1.807, 2.05) is 37.3 Å². The first-order chi connectivity index (χ1) is 14.5. The van der Waals surface area contributed by atoms with Gasteiger partial charge in [-0.2, -0.15) is 9.78 Å². The summed E-state index contributed by atoms with van der Waals surface area (Å²) in [5.74, 6) is -0.261. The first kappa shape index (κ1) is 20.9. The second kappa shape index (κ2) is 8.79. The van der Waals surface area contributed by atoms with Crippen LogP contribution in [0.1, 0.15) is 18.4 Å². The third kappa shape index (κ3) is 4.10. The van der Waals surface area contributed by atoms with Crippen LogP contribution in [-0.4, -0.2) is 64.1 Å². The molecule has 2 saturated heterocycles. The topological polar surface area (TPSA) is 93.7 Å². The van der Waals surface area contributed by atoms with E-state index in [0.717, 1.165) is 37.6 Å². The maximum atomic E-state index is 12.9. The van der Waals surface area contributed by atoms with Gasteiger partial charge in [0.15, 0.2) is 0 Å². The van der Waals surface area contributed by atoms with Crippen molar-refractivity contribution in [1.82, 2.24) is 14.1 Å². The van der Waals surface area contributed by atoms with Gasteiger partial charge in [0.25, 0.3) is 5.56 Å². The molecule has 2 N–H and O–H groups in total. The smallest absolute Gasteiger partial charge is 0.276 e. The number of piperazine rings is 1. The van der Waals surface area contributed by atoms with E-state index in [0.29, 0.717) is 31.6 Å². The van der Waals surface area contributed by atoms with Crippen molar-refractivity contribution < 1.29 is 9.53 Å². The number of rotatable bonds is 5. The Bertz CT molecular complexity index is 951. The summed E-state index contributed by atoms with van der Waals surface area (Å²) in [7, 11) is 0. The number of nitrogens with two attached hydrogens (primary N) is 1. The highest BCUT2D eigenvalue weighted by molar-refractivity contribution is 7.99. The van der Waals surface area contributed by atoms with Gasteiger partial charge in [-0.25, -0.2) is 4.31 Å². The molecule has 2 fully saturated rings. The van der Waals surface area contributed by atoms with Gasteiger partial charge in [0, 0.05) is 45.0 Å². The van der Waals surface area contributed by atoms with Crippen molar-refractivity contribution in [1.29, 1.82) is 0 Å². The maximum absolute atomic E-state index is 12.9. The fourth-order valence-electron chi connectivity index (χ4n) is 3.95. The normalized spacial score (nSPS) is 19.6. The Hall–Kier alpha value is -2.36. The summed E-state index contributed by atoms with van der Waals surface area (Å²) in [4.78, 5) is 27.2. The second-order valence-electron chi connectivity index (χ2n) is 7.69. The lowest BCUT2D eigenvalue weighted by Gasteiger charge is -2.41. The molecule has 30 heavy (non-hydrogen) atoms. The highest BCUT2D eigenvalue weighted by Crippen LogP contribution is 2.38. The molecule has 2 aromatic rings. The molecule has 0 bridgehead atoms. The highest BCUT2D eigenvalue weighted by Gasteiger charge is 2.41. The average Bonchev–Trinajstić information content (AvgIpc) is 2.77. The Morgan fingerprint density at radius 1 is 1.13 bits per heavy atom. The third-order valence-electron chi connectivity index (χ3n) is 5.83. The molecule has 1 aromatic carbocycles. The predicted octanol–water partition coefficient (Wildman–Crippen LogP) is 1.35. The van der Waals surface area contributed by atoms with Crippen molar-refractivity contribution in [2.75, 3.05) is 44.3 Å². The zero-order valence-electron chi connectivity index (χ0n) is 17.1. The number of para-hydroxylation sites is 1. The Morgan fingerprint density at radius 3 is 2.43 bits per heavy atom. The number of ether oxygens (including phenoxy) is 1. The van der Waals surface area contributed by atoms with Crippen molar-refractivity contribution in [3.8, 4) is 5.69 Å². The highest BCUT2D eigenvalue weighted by atomic mass is 32.2. The number of hydrogen-bond acceptors (Lipinski definition) is 7. The summed E-state index contributed by atoms with van der Waals surface area (Å²) in [6.07, 6.45) is 3.07. The van der Waals surface area contributed by atoms with Crippen LogP contribution < -0.4 is 16.2 Å². The fraction of sp³-hybridized carbons (Fsp3) is 0.476. The molecule has 160 valence electrons. The lowest BCUT2D eigenvalue weighted by Crippen LogP contribution is -2.51. The number of primary amides is 1. The summed E-state index contributed by atoms with van der Waals surface area (Å²) >= 11 is 1.57.